The number of alkyl carbamates (subject to hydrolysis) is 1. The van der Waals surface area contributed by atoms with Gasteiger partial charge >= 0.3 is 6.09 Å². The van der Waals surface area contributed by atoms with E-state index in [-0.39, 0.29) is 18.2 Å². The Hall–Kier alpha value is -2.89. The highest BCUT2D eigenvalue weighted by Crippen LogP contribution is 2.26. The maximum atomic E-state index is 11.9. The predicted octanol–water partition coefficient (Wildman–Crippen LogP) is 5.91. The average Bonchev–Trinajstić information content (AvgIpc) is 2.76. The first kappa shape index (κ1) is 26.4. The molecule has 0 heterocycles. The minimum Gasteiger partial charge on any atom is -0.490 e. The van der Waals surface area contributed by atoms with E-state index >= 15 is 0 Å². The van der Waals surface area contributed by atoms with Crippen LogP contribution >= 0.6 is 0 Å². The molecule has 182 valence electrons. The quantitative estimate of drug-likeness (QED) is 0.452. The lowest BCUT2D eigenvalue weighted by molar-refractivity contribution is 0.0471. The zero-order chi connectivity index (χ0) is 24.3. The highest BCUT2D eigenvalue weighted by Gasteiger charge is 2.25. The molecule has 0 spiro atoms. The molecule has 0 unspecified atom stereocenters. The van der Waals surface area contributed by atoms with E-state index < -0.39 is 5.60 Å². The Balaban J connectivity index is 1.76. The minimum atomic E-state index is -0.478. The van der Waals surface area contributed by atoms with Gasteiger partial charge in [0.05, 0.1) is 6.10 Å². The van der Waals surface area contributed by atoms with Crippen LogP contribution in [0.15, 0.2) is 59.8 Å². The summed E-state index contributed by atoms with van der Waals surface area (Å²) in [7, 11) is 1.91. The molecule has 1 aliphatic carbocycles. The van der Waals surface area contributed by atoms with Crippen molar-refractivity contribution in [2.45, 2.75) is 78.0 Å². The molecule has 2 N–H and O–H groups in total. The maximum absolute atomic E-state index is 11.9. The summed E-state index contributed by atoms with van der Waals surface area (Å²) < 4.78 is 17.4. The number of ether oxygens (including phenoxy) is 3. The van der Waals surface area contributed by atoms with Crippen LogP contribution in [0.5, 0.6) is 11.5 Å². The van der Waals surface area contributed by atoms with Crippen LogP contribution in [0.2, 0.25) is 0 Å². The molecule has 2 rings (SSSR count). The summed E-state index contributed by atoms with van der Waals surface area (Å²) in [6, 6.07) is 7.91. The third-order valence-corrected chi connectivity index (χ3v) is 5.15. The van der Waals surface area contributed by atoms with Gasteiger partial charge in [-0.15, -0.1) is 0 Å². The summed E-state index contributed by atoms with van der Waals surface area (Å²) in [6.45, 7) is 10.2. The lowest BCUT2D eigenvalue weighted by atomic mass is 9.93. The molecule has 33 heavy (non-hydrogen) atoms. The highest BCUT2D eigenvalue weighted by atomic mass is 16.6. The number of hydrogen-bond acceptors (Lipinski definition) is 5. The van der Waals surface area contributed by atoms with E-state index in [0.717, 1.165) is 48.5 Å². The summed E-state index contributed by atoms with van der Waals surface area (Å²) in [5, 5.41) is 6.13. The number of carbonyl (C=O) groups is 1. The monoisotopic (exact) mass is 456 g/mol. The van der Waals surface area contributed by atoms with Crippen LogP contribution in [0.1, 0.15) is 60.3 Å². The van der Waals surface area contributed by atoms with Gasteiger partial charge in [0.2, 0.25) is 0 Å². The molecule has 1 aromatic carbocycles. The highest BCUT2D eigenvalue weighted by molar-refractivity contribution is 5.68. The zero-order valence-corrected chi connectivity index (χ0v) is 20.9. The van der Waals surface area contributed by atoms with Crippen molar-refractivity contribution in [3.63, 3.8) is 0 Å². The minimum absolute atomic E-state index is 0.142. The van der Waals surface area contributed by atoms with E-state index in [4.69, 9.17) is 14.2 Å². The second-order valence-corrected chi connectivity index (χ2v) is 9.39. The van der Waals surface area contributed by atoms with Gasteiger partial charge in [-0.05, 0) is 102 Å². The van der Waals surface area contributed by atoms with E-state index in [0.29, 0.717) is 6.61 Å². The van der Waals surface area contributed by atoms with E-state index in [1.54, 1.807) is 0 Å². The first-order valence-corrected chi connectivity index (χ1v) is 11.8. The molecular formula is C27H40N2O4. The average molecular weight is 457 g/mol. The Morgan fingerprint density at radius 3 is 2.30 bits per heavy atom. The van der Waals surface area contributed by atoms with Crippen molar-refractivity contribution >= 4 is 6.09 Å². The van der Waals surface area contributed by atoms with Crippen molar-refractivity contribution in [1.82, 2.24) is 10.6 Å². The number of likely N-dealkylation sites (N-methyl/N-ethyl adjacent to an activating group) is 1. The van der Waals surface area contributed by atoms with E-state index in [1.807, 2.05) is 84.2 Å². The van der Waals surface area contributed by atoms with E-state index in [9.17, 15) is 4.79 Å². The van der Waals surface area contributed by atoms with Crippen LogP contribution in [-0.4, -0.2) is 37.5 Å². The van der Waals surface area contributed by atoms with Crippen molar-refractivity contribution in [3.8, 4) is 11.5 Å². The van der Waals surface area contributed by atoms with Crippen molar-refractivity contribution in [2.75, 3.05) is 13.7 Å². The predicted molar refractivity (Wildman–Crippen MR) is 134 cm³/mol. The molecule has 0 bridgehead atoms. The van der Waals surface area contributed by atoms with Crippen LogP contribution in [0.3, 0.4) is 0 Å². The number of hydrogen-bond donors (Lipinski definition) is 2. The summed E-state index contributed by atoms with van der Waals surface area (Å²) in [5.74, 6) is 1.65. The molecule has 1 aliphatic rings. The fraction of sp³-hybridized carbons (Fsp3) is 0.519. The Kier molecular flexibility index (Phi) is 10.4. The number of allylic oxidation sites excluding steroid dienone is 4. The third kappa shape index (κ3) is 10.5. The molecule has 0 aliphatic heterocycles. The van der Waals surface area contributed by atoms with E-state index in [2.05, 4.69) is 16.7 Å². The summed E-state index contributed by atoms with van der Waals surface area (Å²) >= 11 is 0. The first-order chi connectivity index (χ1) is 15.7. The van der Waals surface area contributed by atoms with Gasteiger partial charge in [-0.1, -0.05) is 12.2 Å². The molecule has 6 heteroatoms. The molecule has 1 amide bonds. The van der Waals surface area contributed by atoms with Crippen LogP contribution in [0, 0.1) is 0 Å². The molecule has 0 atom stereocenters. The van der Waals surface area contributed by atoms with Crippen LogP contribution in [-0.2, 0) is 4.74 Å². The van der Waals surface area contributed by atoms with Crippen molar-refractivity contribution < 1.29 is 19.0 Å². The van der Waals surface area contributed by atoms with Gasteiger partial charge in [0.15, 0.2) is 0 Å². The summed E-state index contributed by atoms with van der Waals surface area (Å²) in [4.78, 5) is 11.9. The smallest absolute Gasteiger partial charge is 0.407 e. The van der Waals surface area contributed by atoms with Gasteiger partial charge in [0.25, 0.3) is 0 Å². The first-order valence-electron chi connectivity index (χ1n) is 11.8. The molecule has 6 nitrogen and oxygen atoms in total. The molecule has 0 saturated heterocycles. The van der Waals surface area contributed by atoms with Crippen molar-refractivity contribution in [2.24, 2.45) is 0 Å². The second-order valence-electron chi connectivity index (χ2n) is 9.39. The van der Waals surface area contributed by atoms with Gasteiger partial charge in [0, 0.05) is 18.8 Å². The summed E-state index contributed by atoms with van der Waals surface area (Å²) in [6.07, 6.45) is 11.5. The normalized spacial score (nSPS) is 19.8. The lowest BCUT2D eigenvalue weighted by Gasteiger charge is -2.30. The molecule has 1 saturated carbocycles. The summed E-state index contributed by atoms with van der Waals surface area (Å²) in [5.41, 5.74) is 1.68. The standard InChI is InChI=1S/C27H40N2O4/c1-7-8-9-22(28-6)18-20(2)19-31-23-14-16-25(17-15-23)32-24-12-10-21(11-13-24)29-26(30)33-27(3,4)5/h7-9,14-18,21,24,28H,10-13,19H2,1-6H3,(H,29,30)/b8-7-,20-18+,22-9+. The van der Waals surface area contributed by atoms with Crippen LogP contribution < -0.4 is 20.1 Å². The van der Waals surface area contributed by atoms with Gasteiger partial charge < -0.3 is 24.8 Å². The maximum Gasteiger partial charge on any atom is 0.407 e. The Bertz CT molecular complexity index is 827. The van der Waals surface area contributed by atoms with E-state index in [1.165, 1.54) is 0 Å². The molecule has 1 aromatic rings. The van der Waals surface area contributed by atoms with Gasteiger partial charge in [-0.2, -0.15) is 0 Å². The number of rotatable bonds is 9. The van der Waals surface area contributed by atoms with Crippen LogP contribution in [0.4, 0.5) is 4.79 Å². The molecular weight excluding hydrogens is 416 g/mol. The van der Waals surface area contributed by atoms with Crippen molar-refractivity contribution in [3.05, 3.63) is 59.8 Å². The second kappa shape index (κ2) is 13.0. The van der Waals surface area contributed by atoms with Crippen molar-refractivity contribution in [1.29, 1.82) is 0 Å². The Morgan fingerprint density at radius 1 is 1.09 bits per heavy atom. The zero-order valence-electron chi connectivity index (χ0n) is 20.9. The topological polar surface area (TPSA) is 68.8 Å². The number of benzene rings is 1. The Labute approximate surface area is 199 Å². The SMILES string of the molecule is C\C=C/C=C(\C=C(/C)COc1ccc(OC2CCC(NC(=O)OC(C)(C)C)CC2)cc1)NC. The number of carbonyl (C=O) groups excluding carboxylic acids is 1. The van der Waals surface area contributed by atoms with Gasteiger partial charge in [0.1, 0.15) is 23.7 Å². The molecule has 0 aromatic heterocycles. The fourth-order valence-electron chi connectivity index (χ4n) is 3.51. The largest absolute Gasteiger partial charge is 0.490 e. The molecule has 0 radical (unpaired) electrons. The third-order valence-electron chi connectivity index (χ3n) is 5.15. The van der Waals surface area contributed by atoms with Gasteiger partial charge in [-0.3, -0.25) is 0 Å². The molecule has 1 fully saturated rings. The Morgan fingerprint density at radius 2 is 1.73 bits per heavy atom. The number of nitrogens with one attached hydrogen (secondary N) is 2. The van der Waals surface area contributed by atoms with Crippen LogP contribution in [0.25, 0.3) is 0 Å². The lowest BCUT2D eigenvalue weighted by Crippen LogP contribution is -2.42. The van der Waals surface area contributed by atoms with Gasteiger partial charge in [-0.25, -0.2) is 4.79 Å². The number of amides is 1. The fourth-order valence-corrected chi connectivity index (χ4v) is 3.51.